The Balaban J connectivity index is 2.46. The van der Waals surface area contributed by atoms with Crippen LogP contribution >= 0.6 is 11.8 Å². The van der Waals surface area contributed by atoms with Gasteiger partial charge < -0.3 is 9.90 Å². The monoisotopic (exact) mass is 260 g/mol. The average molecular weight is 260 g/mol. The maximum Gasteiger partial charge on any atom is 0.100 e. The summed E-state index contributed by atoms with van der Waals surface area (Å²) < 4.78 is 0. The summed E-state index contributed by atoms with van der Waals surface area (Å²) in [7, 11) is 0. The molecule has 94 valence electrons. The van der Waals surface area contributed by atoms with E-state index in [1.54, 1.807) is 0 Å². The van der Waals surface area contributed by atoms with Crippen LogP contribution in [-0.4, -0.2) is 16.7 Å². The molecule has 0 N–H and O–H groups in total. The minimum Gasteiger partial charge on any atom is -0.549 e. The molecule has 2 rings (SSSR count). The van der Waals surface area contributed by atoms with Crippen LogP contribution in [0.1, 0.15) is 18.1 Å². The van der Waals surface area contributed by atoms with E-state index in [-0.39, 0.29) is 5.75 Å². The van der Waals surface area contributed by atoms with Crippen LogP contribution in [0.5, 0.6) is 0 Å². The number of carbonyl (C=O) groups is 1. The van der Waals surface area contributed by atoms with Crippen molar-refractivity contribution in [3.05, 3.63) is 35.4 Å². The molecule has 0 unspecified atom stereocenters. The third-order valence-electron chi connectivity index (χ3n) is 2.72. The fourth-order valence-corrected chi connectivity index (χ4v) is 2.61. The van der Waals surface area contributed by atoms with Gasteiger partial charge in [-0.25, -0.2) is 4.98 Å². The fourth-order valence-electron chi connectivity index (χ4n) is 1.81. The van der Waals surface area contributed by atoms with E-state index >= 15 is 0 Å². The molecule has 0 spiro atoms. The number of rotatable bonds is 4. The molecule has 0 aliphatic carbocycles. The van der Waals surface area contributed by atoms with Gasteiger partial charge in [0, 0.05) is 11.1 Å². The normalized spacial score (nSPS) is 10.8. The summed E-state index contributed by atoms with van der Waals surface area (Å²) in [5.74, 6) is -1.12. The van der Waals surface area contributed by atoms with Gasteiger partial charge in [-0.3, -0.25) is 0 Å². The van der Waals surface area contributed by atoms with Gasteiger partial charge in [-0.2, -0.15) is 0 Å². The number of aliphatic carboxylic acids is 1. The molecule has 0 fully saturated rings. The molecule has 0 bridgehead atoms. The number of aryl methyl sites for hydroxylation is 2. The van der Waals surface area contributed by atoms with E-state index in [4.69, 9.17) is 0 Å². The van der Waals surface area contributed by atoms with Crippen LogP contribution in [0.2, 0.25) is 0 Å². The molecule has 0 aliphatic heterocycles. The Bertz CT molecular complexity index is 596. The quantitative estimate of drug-likeness (QED) is 0.788. The zero-order chi connectivity index (χ0) is 13.1. The standard InChI is InChI=1S/C14H15NO2S/c1-3-10-7-11-5-4-9(2)6-12(11)15-14(10)18-8-13(16)17/h4-7H,3,8H2,1-2H3,(H,16,17)/p-1. The van der Waals surface area contributed by atoms with E-state index in [0.29, 0.717) is 0 Å². The topological polar surface area (TPSA) is 53.0 Å². The summed E-state index contributed by atoms with van der Waals surface area (Å²) in [4.78, 5) is 15.1. The highest BCUT2D eigenvalue weighted by Crippen LogP contribution is 2.25. The molecule has 18 heavy (non-hydrogen) atoms. The van der Waals surface area contributed by atoms with Crippen molar-refractivity contribution in [2.24, 2.45) is 0 Å². The Morgan fingerprint density at radius 3 is 2.83 bits per heavy atom. The molecule has 0 saturated heterocycles. The first-order chi connectivity index (χ1) is 8.60. The molecule has 0 saturated carbocycles. The number of carboxylic acid groups (broad SMARTS) is 1. The number of hydrogen-bond acceptors (Lipinski definition) is 4. The highest BCUT2D eigenvalue weighted by Gasteiger charge is 2.06. The van der Waals surface area contributed by atoms with Crippen LogP contribution in [0.3, 0.4) is 0 Å². The van der Waals surface area contributed by atoms with Crippen molar-refractivity contribution in [2.75, 3.05) is 5.75 Å². The van der Waals surface area contributed by atoms with Gasteiger partial charge in [0.05, 0.1) is 11.5 Å². The van der Waals surface area contributed by atoms with Gasteiger partial charge in [0.1, 0.15) is 5.03 Å². The number of aromatic nitrogens is 1. The van der Waals surface area contributed by atoms with E-state index in [1.165, 1.54) is 11.8 Å². The highest BCUT2D eigenvalue weighted by atomic mass is 32.2. The lowest BCUT2D eigenvalue weighted by Gasteiger charge is -2.09. The van der Waals surface area contributed by atoms with Crippen LogP contribution in [0.25, 0.3) is 10.9 Å². The summed E-state index contributed by atoms with van der Waals surface area (Å²) in [6.07, 6.45) is 0.839. The smallest absolute Gasteiger partial charge is 0.100 e. The van der Waals surface area contributed by atoms with Crippen molar-refractivity contribution < 1.29 is 9.90 Å². The maximum absolute atomic E-state index is 10.5. The van der Waals surface area contributed by atoms with Gasteiger partial charge in [0.25, 0.3) is 0 Å². The van der Waals surface area contributed by atoms with Gasteiger partial charge >= 0.3 is 0 Å². The van der Waals surface area contributed by atoms with E-state index in [1.807, 2.05) is 26.0 Å². The molecule has 2 aromatic rings. The Morgan fingerprint density at radius 2 is 2.17 bits per heavy atom. The molecule has 0 amide bonds. The molecule has 4 heteroatoms. The van der Waals surface area contributed by atoms with Crippen molar-refractivity contribution in [3.8, 4) is 0 Å². The summed E-state index contributed by atoms with van der Waals surface area (Å²) in [5, 5.41) is 12.4. The zero-order valence-electron chi connectivity index (χ0n) is 10.4. The van der Waals surface area contributed by atoms with Crippen molar-refractivity contribution in [1.29, 1.82) is 0 Å². The zero-order valence-corrected chi connectivity index (χ0v) is 11.2. The highest BCUT2D eigenvalue weighted by molar-refractivity contribution is 7.99. The fraction of sp³-hybridized carbons (Fsp3) is 0.286. The van der Waals surface area contributed by atoms with Gasteiger partial charge in [-0.15, -0.1) is 11.8 Å². The maximum atomic E-state index is 10.5. The molecule has 1 heterocycles. The van der Waals surface area contributed by atoms with E-state index in [0.717, 1.165) is 33.5 Å². The largest absolute Gasteiger partial charge is 0.549 e. The summed E-state index contributed by atoms with van der Waals surface area (Å²) >= 11 is 1.23. The number of thioether (sulfide) groups is 1. The van der Waals surface area contributed by atoms with Gasteiger partial charge in [0.2, 0.25) is 0 Å². The minimum atomic E-state index is -1.06. The lowest BCUT2D eigenvalue weighted by atomic mass is 10.1. The molecular formula is C14H14NO2S-. The van der Waals surface area contributed by atoms with Gasteiger partial charge in [-0.1, -0.05) is 19.1 Å². The molecule has 1 aromatic heterocycles. The second kappa shape index (κ2) is 5.40. The first kappa shape index (κ1) is 12.9. The summed E-state index contributed by atoms with van der Waals surface area (Å²) in [5.41, 5.74) is 3.14. The lowest BCUT2D eigenvalue weighted by Crippen LogP contribution is -2.24. The van der Waals surface area contributed by atoms with E-state index < -0.39 is 5.97 Å². The second-order valence-electron chi connectivity index (χ2n) is 4.16. The Morgan fingerprint density at radius 1 is 1.39 bits per heavy atom. The molecule has 0 radical (unpaired) electrons. The Kier molecular flexibility index (Phi) is 3.87. The SMILES string of the molecule is CCc1cc2ccc(C)cc2nc1SCC(=O)[O-]. The number of carboxylic acids is 1. The van der Waals surface area contributed by atoms with Crippen molar-refractivity contribution in [1.82, 2.24) is 4.98 Å². The van der Waals surface area contributed by atoms with Crippen molar-refractivity contribution in [3.63, 3.8) is 0 Å². The molecular weight excluding hydrogens is 246 g/mol. The van der Waals surface area contributed by atoms with Crippen LogP contribution in [0.15, 0.2) is 29.3 Å². The number of benzene rings is 1. The lowest BCUT2D eigenvalue weighted by molar-refractivity contribution is -0.301. The first-order valence-corrected chi connectivity index (χ1v) is 6.81. The third kappa shape index (κ3) is 2.82. The summed E-state index contributed by atoms with van der Waals surface area (Å²) in [6.45, 7) is 4.06. The molecule has 0 aliphatic rings. The van der Waals surface area contributed by atoms with E-state index in [2.05, 4.69) is 17.1 Å². The Hall–Kier alpha value is -1.55. The predicted octanol–water partition coefficient (Wildman–Crippen LogP) is 1.95. The number of hydrogen-bond donors (Lipinski definition) is 0. The molecule has 1 aromatic carbocycles. The molecule has 0 atom stereocenters. The van der Waals surface area contributed by atoms with Crippen LogP contribution in [0.4, 0.5) is 0 Å². The Labute approximate surface area is 110 Å². The van der Waals surface area contributed by atoms with Crippen LogP contribution < -0.4 is 5.11 Å². The number of fused-ring (bicyclic) bond motifs is 1. The van der Waals surface area contributed by atoms with Gasteiger partial charge in [-0.05, 0) is 36.6 Å². The summed E-state index contributed by atoms with van der Waals surface area (Å²) in [6, 6.07) is 8.19. The van der Waals surface area contributed by atoms with E-state index in [9.17, 15) is 9.90 Å². The van der Waals surface area contributed by atoms with Crippen molar-refractivity contribution >= 4 is 28.6 Å². The minimum absolute atomic E-state index is 0.0582. The number of pyridine rings is 1. The molecule has 3 nitrogen and oxygen atoms in total. The third-order valence-corrected chi connectivity index (χ3v) is 3.73. The predicted molar refractivity (Wildman–Crippen MR) is 71.6 cm³/mol. The average Bonchev–Trinajstić information content (AvgIpc) is 2.35. The van der Waals surface area contributed by atoms with Gasteiger partial charge in [0.15, 0.2) is 0 Å². The first-order valence-electron chi connectivity index (χ1n) is 5.83. The van der Waals surface area contributed by atoms with Crippen LogP contribution in [-0.2, 0) is 11.2 Å². The second-order valence-corrected chi connectivity index (χ2v) is 5.13. The number of nitrogens with zero attached hydrogens (tertiary/aromatic N) is 1. The van der Waals surface area contributed by atoms with Crippen molar-refractivity contribution in [2.45, 2.75) is 25.3 Å². The number of carbonyl (C=O) groups excluding carboxylic acids is 1. The van der Waals surface area contributed by atoms with Crippen LogP contribution in [0, 0.1) is 6.92 Å².